The Morgan fingerprint density at radius 3 is 2.84 bits per heavy atom. The summed E-state index contributed by atoms with van der Waals surface area (Å²) in [4.78, 5) is 23.5. The second-order valence-corrected chi connectivity index (χ2v) is 5.87. The van der Waals surface area contributed by atoms with Crippen LogP contribution in [0.4, 0.5) is 0 Å². The Kier molecular flexibility index (Phi) is 6.44. The van der Waals surface area contributed by atoms with Gasteiger partial charge in [0.2, 0.25) is 0 Å². The summed E-state index contributed by atoms with van der Waals surface area (Å²) in [6.45, 7) is 8.26. The Morgan fingerprint density at radius 2 is 2.16 bits per heavy atom. The van der Waals surface area contributed by atoms with Crippen molar-refractivity contribution in [2.45, 2.75) is 46.3 Å². The second-order valence-electron chi connectivity index (χ2n) is 5.87. The smallest absolute Gasteiger partial charge is 0.331 e. The van der Waals surface area contributed by atoms with Crippen LogP contribution in [-0.4, -0.2) is 37.2 Å². The SMILES string of the molecule is CCNC(=O)[C@H](C)OC(=O)/C=C/c1cc2c(cc1OCC)C[C@H](C)O2. The molecule has 0 unspecified atom stereocenters. The van der Waals surface area contributed by atoms with Gasteiger partial charge in [-0.25, -0.2) is 4.79 Å². The zero-order valence-corrected chi connectivity index (χ0v) is 15.1. The number of hydrogen-bond acceptors (Lipinski definition) is 5. The summed E-state index contributed by atoms with van der Waals surface area (Å²) in [6, 6.07) is 3.81. The number of amides is 1. The molecule has 1 N–H and O–H groups in total. The highest BCUT2D eigenvalue weighted by atomic mass is 16.5. The Hall–Kier alpha value is -2.50. The van der Waals surface area contributed by atoms with Crippen molar-refractivity contribution in [3.63, 3.8) is 0 Å². The van der Waals surface area contributed by atoms with Gasteiger partial charge in [-0.3, -0.25) is 4.79 Å². The van der Waals surface area contributed by atoms with Crippen molar-refractivity contribution in [3.8, 4) is 11.5 Å². The lowest BCUT2D eigenvalue weighted by Crippen LogP contribution is -2.35. The van der Waals surface area contributed by atoms with Gasteiger partial charge in [-0.05, 0) is 45.9 Å². The highest BCUT2D eigenvalue weighted by molar-refractivity contribution is 5.90. The number of benzene rings is 1. The molecule has 25 heavy (non-hydrogen) atoms. The summed E-state index contributed by atoms with van der Waals surface area (Å²) in [6.07, 6.45) is 3.04. The minimum Gasteiger partial charge on any atom is -0.493 e. The van der Waals surface area contributed by atoms with Crippen LogP contribution in [0, 0.1) is 0 Å². The first kappa shape index (κ1) is 18.8. The van der Waals surface area contributed by atoms with Crippen LogP contribution in [0.25, 0.3) is 6.08 Å². The van der Waals surface area contributed by atoms with Crippen molar-refractivity contribution in [2.24, 2.45) is 0 Å². The summed E-state index contributed by atoms with van der Waals surface area (Å²) in [5, 5.41) is 2.61. The van der Waals surface area contributed by atoms with E-state index in [-0.39, 0.29) is 12.0 Å². The third-order valence-electron chi connectivity index (χ3n) is 3.74. The van der Waals surface area contributed by atoms with Crippen LogP contribution in [0.3, 0.4) is 0 Å². The molecular weight excluding hydrogens is 322 g/mol. The molecule has 1 aromatic rings. The lowest BCUT2D eigenvalue weighted by atomic mass is 10.1. The first-order valence-electron chi connectivity index (χ1n) is 8.57. The van der Waals surface area contributed by atoms with Crippen LogP contribution in [0.2, 0.25) is 0 Å². The molecule has 0 aliphatic carbocycles. The van der Waals surface area contributed by atoms with Gasteiger partial charge < -0.3 is 19.5 Å². The molecule has 0 spiro atoms. The number of hydrogen-bond donors (Lipinski definition) is 1. The van der Waals surface area contributed by atoms with E-state index in [0.717, 1.165) is 23.3 Å². The zero-order valence-electron chi connectivity index (χ0n) is 15.1. The lowest BCUT2D eigenvalue weighted by Gasteiger charge is -2.11. The summed E-state index contributed by atoms with van der Waals surface area (Å²) in [5.41, 5.74) is 1.83. The van der Waals surface area contributed by atoms with Crippen molar-refractivity contribution in [3.05, 3.63) is 29.3 Å². The minimum absolute atomic E-state index is 0.131. The van der Waals surface area contributed by atoms with E-state index in [1.54, 1.807) is 13.0 Å². The average Bonchev–Trinajstić information content (AvgIpc) is 2.92. The number of carbonyl (C=O) groups is 2. The molecule has 6 nitrogen and oxygen atoms in total. The van der Waals surface area contributed by atoms with E-state index >= 15 is 0 Å². The quantitative estimate of drug-likeness (QED) is 0.606. The van der Waals surface area contributed by atoms with Gasteiger partial charge in [0.25, 0.3) is 5.91 Å². The molecular formula is C19H25NO5. The largest absolute Gasteiger partial charge is 0.493 e. The molecule has 0 aromatic heterocycles. The van der Waals surface area contributed by atoms with Gasteiger partial charge in [-0.15, -0.1) is 0 Å². The van der Waals surface area contributed by atoms with Gasteiger partial charge >= 0.3 is 5.97 Å². The average molecular weight is 347 g/mol. The lowest BCUT2D eigenvalue weighted by molar-refractivity contribution is -0.150. The van der Waals surface area contributed by atoms with Gasteiger partial charge in [-0.1, -0.05) is 0 Å². The Bertz CT molecular complexity index is 668. The van der Waals surface area contributed by atoms with E-state index < -0.39 is 12.1 Å². The van der Waals surface area contributed by atoms with Gasteiger partial charge in [-0.2, -0.15) is 0 Å². The van der Waals surface area contributed by atoms with E-state index in [0.29, 0.717) is 18.9 Å². The van der Waals surface area contributed by atoms with E-state index in [2.05, 4.69) is 5.32 Å². The molecule has 6 heteroatoms. The molecule has 136 valence electrons. The van der Waals surface area contributed by atoms with Crippen molar-refractivity contribution in [1.29, 1.82) is 0 Å². The molecule has 0 bridgehead atoms. The Morgan fingerprint density at radius 1 is 1.40 bits per heavy atom. The molecule has 2 atom stereocenters. The maximum Gasteiger partial charge on any atom is 0.331 e. The van der Waals surface area contributed by atoms with Crippen LogP contribution in [0.1, 0.15) is 38.8 Å². The highest BCUT2D eigenvalue weighted by Gasteiger charge is 2.21. The molecule has 1 aromatic carbocycles. The fraction of sp³-hybridized carbons (Fsp3) is 0.474. The normalized spacial score (nSPS) is 16.9. The van der Waals surface area contributed by atoms with E-state index in [4.69, 9.17) is 14.2 Å². The molecule has 1 aliphatic rings. The second kappa shape index (κ2) is 8.55. The fourth-order valence-electron chi connectivity index (χ4n) is 2.61. The highest BCUT2D eigenvalue weighted by Crippen LogP contribution is 2.35. The topological polar surface area (TPSA) is 73.9 Å². The van der Waals surface area contributed by atoms with Crippen LogP contribution >= 0.6 is 0 Å². The Labute approximate surface area is 148 Å². The number of esters is 1. The van der Waals surface area contributed by atoms with Gasteiger partial charge in [0, 0.05) is 30.2 Å². The van der Waals surface area contributed by atoms with Gasteiger partial charge in [0.05, 0.1) is 6.61 Å². The van der Waals surface area contributed by atoms with E-state index in [9.17, 15) is 9.59 Å². The predicted octanol–water partition coefficient (Wildman–Crippen LogP) is 2.49. The van der Waals surface area contributed by atoms with E-state index in [1.165, 1.54) is 13.0 Å². The molecule has 1 amide bonds. The third-order valence-corrected chi connectivity index (χ3v) is 3.74. The maximum atomic E-state index is 11.9. The number of rotatable bonds is 7. The summed E-state index contributed by atoms with van der Waals surface area (Å²) in [7, 11) is 0. The number of likely N-dealkylation sites (N-methyl/N-ethyl adjacent to an activating group) is 1. The van der Waals surface area contributed by atoms with Crippen LogP contribution in [-0.2, 0) is 20.7 Å². The number of nitrogens with one attached hydrogen (secondary N) is 1. The maximum absolute atomic E-state index is 11.9. The van der Waals surface area contributed by atoms with Crippen LogP contribution in [0.5, 0.6) is 11.5 Å². The zero-order chi connectivity index (χ0) is 18.4. The number of ether oxygens (including phenoxy) is 3. The molecule has 1 heterocycles. The Balaban J connectivity index is 2.10. The van der Waals surface area contributed by atoms with Crippen molar-refractivity contribution in [2.75, 3.05) is 13.2 Å². The minimum atomic E-state index is -0.840. The predicted molar refractivity (Wildman–Crippen MR) is 94.7 cm³/mol. The van der Waals surface area contributed by atoms with Crippen molar-refractivity contribution < 1.29 is 23.8 Å². The van der Waals surface area contributed by atoms with Crippen molar-refractivity contribution in [1.82, 2.24) is 5.32 Å². The third kappa shape index (κ3) is 4.98. The monoisotopic (exact) mass is 347 g/mol. The van der Waals surface area contributed by atoms with Crippen LogP contribution < -0.4 is 14.8 Å². The summed E-state index contributed by atoms with van der Waals surface area (Å²) < 4.78 is 16.5. The molecule has 0 saturated heterocycles. The number of carbonyl (C=O) groups excluding carboxylic acids is 2. The first-order valence-corrected chi connectivity index (χ1v) is 8.57. The van der Waals surface area contributed by atoms with Crippen molar-refractivity contribution >= 4 is 18.0 Å². The summed E-state index contributed by atoms with van der Waals surface area (Å²) in [5.74, 6) is 0.592. The summed E-state index contributed by atoms with van der Waals surface area (Å²) >= 11 is 0. The van der Waals surface area contributed by atoms with Crippen LogP contribution in [0.15, 0.2) is 18.2 Å². The fourth-order valence-corrected chi connectivity index (χ4v) is 2.61. The standard InChI is InChI=1S/C19H25NO5/c1-5-20-19(22)13(4)25-18(21)8-7-14-10-17-15(9-12(3)24-17)11-16(14)23-6-2/h7-8,10-13H,5-6,9H2,1-4H3,(H,20,22)/b8-7+/t12-,13-/m0/s1. The molecule has 0 saturated carbocycles. The molecule has 0 fully saturated rings. The van der Waals surface area contributed by atoms with Gasteiger partial charge in [0.1, 0.15) is 17.6 Å². The molecule has 0 radical (unpaired) electrons. The first-order chi connectivity index (χ1) is 11.9. The van der Waals surface area contributed by atoms with E-state index in [1.807, 2.05) is 26.0 Å². The van der Waals surface area contributed by atoms with Gasteiger partial charge in [0.15, 0.2) is 6.10 Å². The molecule has 1 aliphatic heterocycles. The number of fused-ring (bicyclic) bond motifs is 1. The molecule has 2 rings (SSSR count).